The Morgan fingerprint density at radius 1 is 1.15 bits per heavy atom. The summed E-state index contributed by atoms with van der Waals surface area (Å²) in [7, 11) is 1.67. The molecule has 2 aromatic carbocycles. The summed E-state index contributed by atoms with van der Waals surface area (Å²) in [6.45, 7) is 0.686. The molecule has 0 spiro atoms. The molecule has 1 aliphatic carbocycles. The predicted molar refractivity (Wildman–Crippen MR) is 105 cm³/mol. The maximum atomic E-state index is 13.0. The van der Waals surface area contributed by atoms with Gasteiger partial charge in [-0.1, -0.05) is 24.3 Å². The van der Waals surface area contributed by atoms with E-state index in [9.17, 15) is 9.59 Å². The van der Waals surface area contributed by atoms with Gasteiger partial charge in [0.15, 0.2) is 0 Å². The fourth-order valence-corrected chi connectivity index (χ4v) is 3.96. The molecule has 0 unspecified atom stereocenters. The summed E-state index contributed by atoms with van der Waals surface area (Å²) in [5, 5.41) is 2.92. The average molecular weight is 364 g/mol. The van der Waals surface area contributed by atoms with Gasteiger partial charge in [0.25, 0.3) is 5.91 Å². The molecule has 2 aromatic rings. The highest BCUT2D eigenvalue weighted by molar-refractivity contribution is 6.08. The van der Waals surface area contributed by atoms with Gasteiger partial charge in [0.2, 0.25) is 5.91 Å². The van der Waals surface area contributed by atoms with Gasteiger partial charge in [0.05, 0.1) is 12.0 Å². The second-order valence-corrected chi connectivity index (χ2v) is 7.38. The molecule has 1 fully saturated rings. The number of fused-ring (bicyclic) bond motifs is 1. The van der Waals surface area contributed by atoms with Crippen molar-refractivity contribution in [3.8, 4) is 0 Å². The number of rotatable bonds is 5. The predicted octanol–water partition coefficient (Wildman–Crippen LogP) is 3.79. The third kappa shape index (κ3) is 3.47. The van der Waals surface area contributed by atoms with Crippen LogP contribution in [0.3, 0.4) is 0 Å². The topological polar surface area (TPSA) is 58.6 Å². The van der Waals surface area contributed by atoms with Crippen molar-refractivity contribution < 1.29 is 14.3 Å². The number of amides is 2. The van der Waals surface area contributed by atoms with Crippen molar-refractivity contribution in [2.75, 3.05) is 23.9 Å². The molecule has 5 heteroatoms. The van der Waals surface area contributed by atoms with Gasteiger partial charge in [-0.2, -0.15) is 0 Å². The minimum absolute atomic E-state index is 0.0385. The van der Waals surface area contributed by atoms with Crippen molar-refractivity contribution in [3.63, 3.8) is 0 Å². The Balaban J connectivity index is 1.46. The first-order chi connectivity index (χ1) is 13.1. The summed E-state index contributed by atoms with van der Waals surface area (Å²) in [6.07, 6.45) is 4.16. The molecule has 0 radical (unpaired) electrons. The Kier molecular flexibility index (Phi) is 4.70. The highest BCUT2D eigenvalue weighted by Crippen LogP contribution is 2.38. The molecule has 0 atom stereocenters. The van der Waals surface area contributed by atoms with Crippen molar-refractivity contribution in [2.45, 2.75) is 37.7 Å². The van der Waals surface area contributed by atoms with Crippen molar-refractivity contribution in [1.29, 1.82) is 0 Å². The molecule has 140 valence electrons. The number of anilines is 2. The molecule has 0 bridgehead atoms. The standard InChI is InChI=1S/C22H24N2O3/c1-27-22(11-5-12-22)15-20(25)23-18-8-4-7-17(14-18)21(26)24-13-10-16-6-2-3-9-19(16)24/h2-4,6-9,14H,5,10-13,15H2,1H3,(H,23,25). The first-order valence-corrected chi connectivity index (χ1v) is 9.45. The Bertz CT molecular complexity index is 868. The quantitative estimate of drug-likeness (QED) is 0.878. The number of nitrogens with one attached hydrogen (secondary N) is 1. The van der Waals surface area contributed by atoms with E-state index in [-0.39, 0.29) is 17.4 Å². The number of ether oxygens (including phenoxy) is 1. The molecule has 1 saturated carbocycles. The lowest BCUT2D eigenvalue weighted by atomic mass is 9.77. The van der Waals surface area contributed by atoms with Crippen LogP contribution in [0, 0.1) is 0 Å². The van der Waals surface area contributed by atoms with E-state index in [0.29, 0.717) is 24.2 Å². The normalized spacial score (nSPS) is 17.1. The number of carbonyl (C=O) groups excluding carboxylic acids is 2. The Labute approximate surface area is 159 Å². The number of methoxy groups -OCH3 is 1. The molecule has 0 aromatic heterocycles. The number of para-hydroxylation sites is 1. The van der Waals surface area contributed by atoms with Gasteiger partial charge in [0.1, 0.15) is 0 Å². The zero-order chi connectivity index (χ0) is 18.9. The number of carbonyl (C=O) groups is 2. The van der Waals surface area contributed by atoms with E-state index in [1.165, 1.54) is 5.56 Å². The van der Waals surface area contributed by atoms with Crippen LogP contribution in [0.15, 0.2) is 48.5 Å². The van der Waals surface area contributed by atoms with Crippen LogP contribution in [0.25, 0.3) is 0 Å². The summed E-state index contributed by atoms with van der Waals surface area (Å²) in [5.41, 5.74) is 3.08. The highest BCUT2D eigenvalue weighted by Gasteiger charge is 2.39. The molecule has 2 amide bonds. The Morgan fingerprint density at radius 2 is 1.96 bits per heavy atom. The fraction of sp³-hybridized carbons (Fsp3) is 0.364. The first kappa shape index (κ1) is 17.7. The highest BCUT2D eigenvalue weighted by atomic mass is 16.5. The number of benzene rings is 2. The van der Waals surface area contributed by atoms with Crippen molar-refractivity contribution >= 4 is 23.2 Å². The van der Waals surface area contributed by atoms with Crippen LogP contribution >= 0.6 is 0 Å². The molecule has 1 aliphatic heterocycles. The largest absolute Gasteiger partial charge is 0.378 e. The molecule has 1 heterocycles. The van der Waals surface area contributed by atoms with Crippen LogP contribution in [-0.4, -0.2) is 31.1 Å². The lowest BCUT2D eigenvalue weighted by Gasteiger charge is -2.39. The monoisotopic (exact) mass is 364 g/mol. The maximum Gasteiger partial charge on any atom is 0.258 e. The SMILES string of the molecule is COC1(CC(=O)Nc2cccc(C(=O)N3CCc4ccccc43)c2)CCC1. The van der Waals surface area contributed by atoms with Crippen molar-refractivity contribution in [3.05, 3.63) is 59.7 Å². The zero-order valence-corrected chi connectivity index (χ0v) is 15.5. The van der Waals surface area contributed by atoms with E-state index in [2.05, 4.69) is 11.4 Å². The molecule has 27 heavy (non-hydrogen) atoms. The Morgan fingerprint density at radius 3 is 2.70 bits per heavy atom. The summed E-state index contributed by atoms with van der Waals surface area (Å²) in [4.78, 5) is 27.2. The van der Waals surface area contributed by atoms with Crippen LogP contribution in [0.4, 0.5) is 11.4 Å². The van der Waals surface area contributed by atoms with Gasteiger partial charge in [-0.05, 0) is 55.5 Å². The molecule has 1 N–H and O–H groups in total. The smallest absolute Gasteiger partial charge is 0.258 e. The van der Waals surface area contributed by atoms with Gasteiger partial charge in [-0.15, -0.1) is 0 Å². The van der Waals surface area contributed by atoms with Crippen LogP contribution in [-0.2, 0) is 16.0 Å². The fourth-order valence-electron chi connectivity index (χ4n) is 3.96. The molecule has 0 saturated heterocycles. The molecule has 5 nitrogen and oxygen atoms in total. The molecular formula is C22H24N2O3. The summed E-state index contributed by atoms with van der Waals surface area (Å²) in [5.74, 6) is -0.115. The summed E-state index contributed by atoms with van der Waals surface area (Å²) >= 11 is 0. The van der Waals surface area contributed by atoms with E-state index >= 15 is 0 Å². The van der Waals surface area contributed by atoms with Crippen LogP contribution in [0.2, 0.25) is 0 Å². The Hall–Kier alpha value is -2.66. The zero-order valence-electron chi connectivity index (χ0n) is 15.5. The van der Waals surface area contributed by atoms with Crippen LogP contribution in [0.5, 0.6) is 0 Å². The van der Waals surface area contributed by atoms with Crippen LogP contribution in [0.1, 0.15) is 41.6 Å². The second kappa shape index (κ2) is 7.16. The minimum Gasteiger partial charge on any atom is -0.378 e. The van der Waals surface area contributed by atoms with Crippen molar-refractivity contribution in [2.24, 2.45) is 0 Å². The van der Waals surface area contributed by atoms with Gasteiger partial charge in [-0.3, -0.25) is 9.59 Å². The first-order valence-electron chi connectivity index (χ1n) is 9.45. The maximum absolute atomic E-state index is 13.0. The molecule has 2 aliphatic rings. The minimum atomic E-state index is -0.309. The number of nitrogens with zero attached hydrogens (tertiary/aromatic N) is 1. The van der Waals surface area contributed by atoms with Gasteiger partial charge >= 0.3 is 0 Å². The van der Waals surface area contributed by atoms with E-state index in [1.807, 2.05) is 29.2 Å². The summed E-state index contributed by atoms with van der Waals surface area (Å²) < 4.78 is 5.52. The van der Waals surface area contributed by atoms with Crippen molar-refractivity contribution in [1.82, 2.24) is 0 Å². The average Bonchev–Trinajstić information content (AvgIpc) is 3.08. The lowest BCUT2D eigenvalue weighted by Crippen LogP contribution is -2.42. The lowest BCUT2D eigenvalue weighted by molar-refractivity contribution is -0.129. The number of hydrogen-bond acceptors (Lipinski definition) is 3. The van der Waals surface area contributed by atoms with Gasteiger partial charge < -0.3 is 15.0 Å². The molecule has 4 rings (SSSR count). The van der Waals surface area contributed by atoms with E-state index < -0.39 is 0 Å². The third-order valence-electron chi connectivity index (χ3n) is 5.71. The van der Waals surface area contributed by atoms with Gasteiger partial charge in [0, 0.05) is 30.6 Å². The van der Waals surface area contributed by atoms with E-state index in [1.54, 1.807) is 25.3 Å². The van der Waals surface area contributed by atoms with E-state index in [4.69, 9.17) is 4.74 Å². The van der Waals surface area contributed by atoms with E-state index in [0.717, 1.165) is 31.4 Å². The molecular weight excluding hydrogens is 340 g/mol. The van der Waals surface area contributed by atoms with Gasteiger partial charge in [-0.25, -0.2) is 0 Å². The van der Waals surface area contributed by atoms with Crippen LogP contribution < -0.4 is 10.2 Å². The summed E-state index contributed by atoms with van der Waals surface area (Å²) in [6, 6.07) is 15.2. The second-order valence-electron chi connectivity index (χ2n) is 7.38. The third-order valence-corrected chi connectivity index (χ3v) is 5.71. The number of hydrogen-bond donors (Lipinski definition) is 1.